The molecule has 0 spiro atoms. The zero-order valence-electron chi connectivity index (χ0n) is 12.9. The van der Waals surface area contributed by atoms with Gasteiger partial charge in [-0.1, -0.05) is 32.9 Å². The van der Waals surface area contributed by atoms with Crippen LogP contribution in [0.5, 0.6) is 5.75 Å². The van der Waals surface area contributed by atoms with Gasteiger partial charge in [0.25, 0.3) is 0 Å². The Hall–Kier alpha value is -1.62. The van der Waals surface area contributed by atoms with Crippen LogP contribution < -0.4 is 10.1 Å². The SMILES string of the molecule is CC(C)(C)C(CCO)NC(=O)CCOc1ccccc1F. The van der Waals surface area contributed by atoms with Gasteiger partial charge in [-0.25, -0.2) is 4.39 Å². The number of hydrogen-bond acceptors (Lipinski definition) is 3. The first-order valence-electron chi connectivity index (χ1n) is 7.12. The minimum absolute atomic E-state index is 0.0218. The molecule has 1 rings (SSSR count). The zero-order chi connectivity index (χ0) is 15.9. The molecule has 0 fully saturated rings. The monoisotopic (exact) mass is 297 g/mol. The molecule has 1 atom stereocenters. The number of amides is 1. The summed E-state index contributed by atoms with van der Waals surface area (Å²) in [4.78, 5) is 11.9. The highest BCUT2D eigenvalue weighted by molar-refractivity contribution is 5.76. The Morgan fingerprint density at radius 2 is 2.05 bits per heavy atom. The quantitative estimate of drug-likeness (QED) is 0.813. The van der Waals surface area contributed by atoms with Gasteiger partial charge in [0.1, 0.15) is 0 Å². The molecule has 0 aliphatic rings. The first kappa shape index (κ1) is 17.4. The van der Waals surface area contributed by atoms with E-state index in [1.54, 1.807) is 12.1 Å². The summed E-state index contributed by atoms with van der Waals surface area (Å²) in [6, 6.07) is 5.99. The first-order chi connectivity index (χ1) is 9.84. The van der Waals surface area contributed by atoms with E-state index in [2.05, 4.69) is 5.32 Å². The number of aliphatic hydroxyl groups excluding tert-OH is 1. The summed E-state index contributed by atoms with van der Waals surface area (Å²) in [5.74, 6) is -0.460. The highest BCUT2D eigenvalue weighted by Gasteiger charge is 2.25. The minimum atomic E-state index is -0.439. The van der Waals surface area contributed by atoms with Gasteiger partial charge in [0.15, 0.2) is 11.6 Å². The van der Waals surface area contributed by atoms with E-state index in [0.717, 1.165) is 0 Å². The number of halogens is 1. The molecule has 1 aromatic carbocycles. The van der Waals surface area contributed by atoms with Gasteiger partial charge in [-0.3, -0.25) is 4.79 Å². The number of nitrogens with one attached hydrogen (secondary N) is 1. The van der Waals surface area contributed by atoms with Crippen molar-refractivity contribution in [3.63, 3.8) is 0 Å². The van der Waals surface area contributed by atoms with E-state index >= 15 is 0 Å². The van der Waals surface area contributed by atoms with Crippen LogP contribution in [-0.4, -0.2) is 30.3 Å². The summed E-state index contributed by atoms with van der Waals surface area (Å²) >= 11 is 0. The van der Waals surface area contributed by atoms with E-state index in [1.165, 1.54) is 12.1 Å². The van der Waals surface area contributed by atoms with Crippen molar-refractivity contribution >= 4 is 5.91 Å². The number of carbonyl (C=O) groups is 1. The van der Waals surface area contributed by atoms with E-state index in [4.69, 9.17) is 9.84 Å². The molecule has 4 nitrogen and oxygen atoms in total. The Kier molecular flexibility index (Phi) is 6.62. The third kappa shape index (κ3) is 6.12. The maximum atomic E-state index is 13.3. The molecule has 0 saturated carbocycles. The van der Waals surface area contributed by atoms with E-state index in [1.807, 2.05) is 20.8 Å². The van der Waals surface area contributed by atoms with Gasteiger partial charge >= 0.3 is 0 Å². The Bertz CT molecular complexity index is 457. The molecule has 1 amide bonds. The first-order valence-corrected chi connectivity index (χ1v) is 7.12. The van der Waals surface area contributed by atoms with Crippen LogP contribution in [0.3, 0.4) is 0 Å². The van der Waals surface area contributed by atoms with Crippen molar-refractivity contribution in [3.8, 4) is 5.75 Å². The average Bonchev–Trinajstić information content (AvgIpc) is 2.39. The smallest absolute Gasteiger partial charge is 0.223 e. The van der Waals surface area contributed by atoms with Crippen molar-refractivity contribution in [1.82, 2.24) is 5.32 Å². The van der Waals surface area contributed by atoms with Crippen LogP contribution in [0.1, 0.15) is 33.6 Å². The van der Waals surface area contributed by atoms with Crippen LogP contribution in [0.4, 0.5) is 4.39 Å². The molecule has 0 aliphatic heterocycles. The van der Waals surface area contributed by atoms with Crippen molar-refractivity contribution in [1.29, 1.82) is 0 Å². The van der Waals surface area contributed by atoms with Crippen LogP contribution in [0.25, 0.3) is 0 Å². The van der Waals surface area contributed by atoms with Crippen molar-refractivity contribution in [3.05, 3.63) is 30.1 Å². The molecule has 0 radical (unpaired) electrons. The molecular formula is C16H24FNO3. The van der Waals surface area contributed by atoms with Crippen molar-refractivity contribution in [2.45, 2.75) is 39.7 Å². The molecule has 1 unspecified atom stereocenters. The second-order valence-corrected chi connectivity index (χ2v) is 6.03. The van der Waals surface area contributed by atoms with Crippen molar-refractivity contribution < 1.29 is 19.0 Å². The van der Waals surface area contributed by atoms with Crippen LogP contribution in [-0.2, 0) is 4.79 Å². The summed E-state index contributed by atoms with van der Waals surface area (Å²) in [6.07, 6.45) is 0.649. The summed E-state index contributed by atoms with van der Waals surface area (Å²) in [5, 5.41) is 11.9. The fraction of sp³-hybridized carbons (Fsp3) is 0.562. The summed E-state index contributed by atoms with van der Waals surface area (Å²) in [7, 11) is 0. The van der Waals surface area contributed by atoms with E-state index in [-0.39, 0.29) is 42.7 Å². The number of ether oxygens (including phenoxy) is 1. The third-order valence-corrected chi connectivity index (χ3v) is 3.22. The van der Waals surface area contributed by atoms with Gasteiger partial charge in [0.05, 0.1) is 13.0 Å². The van der Waals surface area contributed by atoms with Gasteiger partial charge < -0.3 is 15.2 Å². The van der Waals surface area contributed by atoms with Gasteiger partial charge in [0.2, 0.25) is 5.91 Å². The molecule has 2 N–H and O–H groups in total. The van der Waals surface area contributed by atoms with Crippen LogP contribution in [0.15, 0.2) is 24.3 Å². The number of rotatable bonds is 7. The molecule has 0 aromatic heterocycles. The molecule has 0 aliphatic carbocycles. The van der Waals surface area contributed by atoms with Crippen LogP contribution >= 0.6 is 0 Å². The van der Waals surface area contributed by atoms with Crippen LogP contribution in [0.2, 0.25) is 0 Å². The predicted octanol–water partition coefficient (Wildman–Crippen LogP) is 2.51. The lowest BCUT2D eigenvalue weighted by molar-refractivity contribution is -0.123. The number of aliphatic hydroxyl groups is 1. The van der Waals surface area contributed by atoms with E-state index < -0.39 is 5.82 Å². The fourth-order valence-corrected chi connectivity index (χ4v) is 1.93. The molecule has 21 heavy (non-hydrogen) atoms. The summed E-state index contributed by atoms with van der Waals surface area (Å²) in [5.41, 5.74) is -0.134. The maximum Gasteiger partial charge on any atom is 0.223 e. The number of hydrogen-bond donors (Lipinski definition) is 2. The lowest BCUT2D eigenvalue weighted by Gasteiger charge is -2.31. The van der Waals surface area contributed by atoms with Crippen LogP contribution in [0, 0.1) is 11.2 Å². The molecule has 118 valence electrons. The predicted molar refractivity (Wildman–Crippen MR) is 79.6 cm³/mol. The molecule has 0 saturated heterocycles. The minimum Gasteiger partial charge on any atom is -0.490 e. The Morgan fingerprint density at radius 1 is 1.38 bits per heavy atom. The number of benzene rings is 1. The highest BCUT2D eigenvalue weighted by Crippen LogP contribution is 2.21. The topological polar surface area (TPSA) is 58.6 Å². The van der Waals surface area contributed by atoms with Gasteiger partial charge in [-0.05, 0) is 24.0 Å². The second kappa shape index (κ2) is 7.98. The standard InChI is InChI=1S/C16H24FNO3/c1-16(2,3)14(8-10-19)18-15(20)9-11-21-13-7-5-4-6-12(13)17/h4-7,14,19H,8-11H2,1-3H3,(H,18,20). The molecular weight excluding hydrogens is 273 g/mol. The van der Waals surface area contributed by atoms with Crippen molar-refractivity contribution in [2.24, 2.45) is 5.41 Å². The van der Waals surface area contributed by atoms with E-state index in [0.29, 0.717) is 6.42 Å². The Morgan fingerprint density at radius 3 is 2.62 bits per heavy atom. The van der Waals surface area contributed by atoms with Gasteiger partial charge in [-0.15, -0.1) is 0 Å². The number of carbonyl (C=O) groups excluding carboxylic acids is 1. The normalized spacial score (nSPS) is 12.8. The third-order valence-electron chi connectivity index (χ3n) is 3.22. The Labute approximate surface area is 125 Å². The van der Waals surface area contributed by atoms with Gasteiger partial charge in [0, 0.05) is 12.6 Å². The Balaban J connectivity index is 2.41. The summed E-state index contributed by atoms with van der Waals surface area (Å²) < 4.78 is 18.6. The molecule has 1 aromatic rings. The van der Waals surface area contributed by atoms with Crippen molar-refractivity contribution in [2.75, 3.05) is 13.2 Å². The van der Waals surface area contributed by atoms with Gasteiger partial charge in [-0.2, -0.15) is 0 Å². The summed E-state index contributed by atoms with van der Waals surface area (Å²) in [6.45, 7) is 6.15. The largest absolute Gasteiger partial charge is 0.490 e. The molecule has 0 bridgehead atoms. The lowest BCUT2D eigenvalue weighted by atomic mass is 9.85. The lowest BCUT2D eigenvalue weighted by Crippen LogP contribution is -2.44. The second-order valence-electron chi connectivity index (χ2n) is 6.03. The average molecular weight is 297 g/mol. The highest BCUT2D eigenvalue weighted by atomic mass is 19.1. The molecule has 5 heteroatoms. The number of para-hydroxylation sites is 1. The molecule has 0 heterocycles. The zero-order valence-corrected chi connectivity index (χ0v) is 12.9. The van der Waals surface area contributed by atoms with E-state index in [9.17, 15) is 9.18 Å². The fourth-order valence-electron chi connectivity index (χ4n) is 1.93. The maximum absolute atomic E-state index is 13.3.